The summed E-state index contributed by atoms with van der Waals surface area (Å²) < 4.78 is 1.92. The third-order valence-corrected chi connectivity index (χ3v) is 3.54. The van der Waals surface area contributed by atoms with Crippen molar-refractivity contribution in [3.63, 3.8) is 0 Å². The van der Waals surface area contributed by atoms with E-state index < -0.39 is 5.97 Å². The molecular weight excluding hydrogens is 264 g/mol. The summed E-state index contributed by atoms with van der Waals surface area (Å²) in [6.45, 7) is 5.95. The van der Waals surface area contributed by atoms with Crippen LogP contribution in [0.25, 0.3) is 16.7 Å². The summed E-state index contributed by atoms with van der Waals surface area (Å²) in [6.07, 6.45) is 0. The van der Waals surface area contributed by atoms with Gasteiger partial charge in [-0.05, 0) is 56.2 Å². The van der Waals surface area contributed by atoms with Crippen LogP contribution in [0.5, 0.6) is 0 Å². The van der Waals surface area contributed by atoms with Gasteiger partial charge in [0.05, 0.1) is 16.6 Å². The maximum Gasteiger partial charge on any atom is 0.337 e. The fourth-order valence-corrected chi connectivity index (χ4v) is 2.81. The molecule has 0 saturated carbocycles. The summed E-state index contributed by atoms with van der Waals surface area (Å²) in [5, 5.41) is 9.43. The van der Waals surface area contributed by atoms with Gasteiger partial charge in [-0.3, -0.25) is 4.57 Å². The van der Waals surface area contributed by atoms with Crippen molar-refractivity contribution in [2.24, 2.45) is 0 Å². The molecule has 0 atom stereocenters. The number of hydrogen-bond acceptors (Lipinski definition) is 2. The fraction of sp³-hybridized carbons (Fsp3) is 0.176. The van der Waals surface area contributed by atoms with Crippen molar-refractivity contribution in [2.75, 3.05) is 0 Å². The lowest BCUT2D eigenvalue weighted by molar-refractivity contribution is 0.0698. The highest BCUT2D eigenvalue weighted by molar-refractivity contribution is 6.01. The highest BCUT2D eigenvalue weighted by Gasteiger charge is 2.17. The Hall–Kier alpha value is -2.62. The molecule has 0 saturated heterocycles. The molecule has 2 aromatic carbocycles. The highest BCUT2D eigenvalue weighted by atomic mass is 16.4. The number of aryl methyl sites for hydroxylation is 3. The Bertz CT molecular complexity index is 842. The number of imidazole rings is 1. The minimum atomic E-state index is -0.939. The molecular formula is C17H16N2O2. The van der Waals surface area contributed by atoms with E-state index in [1.165, 1.54) is 0 Å². The van der Waals surface area contributed by atoms with E-state index in [0.29, 0.717) is 11.0 Å². The Kier molecular flexibility index (Phi) is 3.01. The van der Waals surface area contributed by atoms with E-state index in [-0.39, 0.29) is 5.56 Å². The molecule has 0 radical (unpaired) electrons. The first-order valence-corrected chi connectivity index (χ1v) is 6.77. The zero-order chi connectivity index (χ0) is 15.1. The molecule has 0 unspecified atom stereocenters. The van der Waals surface area contributed by atoms with E-state index in [2.05, 4.69) is 11.1 Å². The van der Waals surface area contributed by atoms with Crippen LogP contribution in [0.4, 0.5) is 0 Å². The van der Waals surface area contributed by atoms with Gasteiger partial charge in [0.15, 0.2) is 0 Å². The standard InChI is InChI=1S/C17H16N2O2/c1-10-7-11(2)9-13(8-10)19-12(3)18-15-6-4-5-14(16(15)19)17(20)21/h4-9H,1-3H3,(H,20,21). The van der Waals surface area contributed by atoms with E-state index in [1.54, 1.807) is 12.1 Å². The number of hydrogen-bond donors (Lipinski definition) is 1. The topological polar surface area (TPSA) is 55.1 Å². The van der Waals surface area contributed by atoms with Crippen LogP contribution < -0.4 is 0 Å². The van der Waals surface area contributed by atoms with Gasteiger partial charge >= 0.3 is 5.97 Å². The Morgan fingerprint density at radius 3 is 2.38 bits per heavy atom. The molecule has 4 nitrogen and oxygen atoms in total. The van der Waals surface area contributed by atoms with Gasteiger partial charge < -0.3 is 5.11 Å². The normalized spacial score (nSPS) is 11.0. The molecule has 0 aliphatic rings. The smallest absolute Gasteiger partial charge is 0.337 e. The van der Waals surface area contributed by atoms with Crippen molar-refractivity contribution in [2.45, 2.75) is 20.8 Å². The van der Waals surface area contributed by atoms with Gasteiger partial charge in [-0.25, -0.2) is 9.78 Å². The maximum atomic E-state index is 11.5. The van der Waals surface area contributed by atoms with Crippen molar-refractivity contribution in [1.82, 2.24) is 9.55 Å². The van der Waals surface area contributed by atoms with Crippen molar-refractivity contribution in [1.29, 1.82) is 0 Å². The third-order valence-electron chi connectivity index (χ3n) is 3.54. The zero-order valence-corrected chi connectivity index (χ0v) is 12.2. The van der Waals surface area contributed by atoms with Crippen LogP contribution in [0.3, 0.4) is 0 Å². The molecule has 106 valence electrons. The lowest BCUT2D eigenvalue weighted by Crippen LogP contribution is -2.04. The second kappa shape index (κ2) is 4.74. The van der Waals surface area contributed by atoms with E-state index in [9.17, 15) is 9.90 Å². The number of rotatable bonds is 2. The molecule has 0 spiro atoms. The fourth-order valence-electron chi connectivity index (χ4n) is 2.81. The Labute approximate surface area is 122 Å². The molecule has 0 fully saturated rings. The molecule has 1 N–H and O–H groups in total. The molecule has 0 aliphatic carbocycles. The van der Waals surface area contributed by atoms with Gasteiger partial charge in [-0.2, -0.15) is 0 Å². The number of fused-ring (bicyclic) bond motifs is 1. The van der Waals surface area contributed by atoms with Gasteiger partial charge in [-0.1, -0.05) is 12.1 Å². The predicted octanol–water partition coefficient (Wildman–Crippen LogP) is 3.65. The number of carboxylic acids is 1. The first-order valence-electron chi connectivity index (χ1n) is 6.77. The number of aromatic carboxylic acids is 1. The predicted molar refractivity (Wildman–Crippen MR) is 82.2 cm³/mol. The number of para-hydroxylation sites is 1. The van der Waals surface area contributed by atoms with Crippen LogP contribution in [-0.4, -0.2) is 20.6 Å². The van der Waals surface area contributed by atoms with Gasteiger partial charge in [0.25, 0.3) is 0 Å². The molecule has 0 amide bonds. The average Bonchev–Trinajstić information content (AvgIpc) is 2.72. The van der Waals surface area contributed by atoms with Gasteiger partial charge in [0.2, 0.25) is 0 Å². The molecule has 0 bridgehead atoms. The monoisotopic (exact) mass is 280 g/mol. The van der Waals surface area contributed by atoms with Crippen LogP contribution in [0, 0.1) is 20.8 Å². The highest BCUT2D eigenvalue weighted by Crippen LogP contribution is 2.25. The lowest BCUT2D eigenvalue weighted by Gasteiger charge is -2.10. The lowest BCUT2D eigenvalue weighted by atomic mass is 10.1. The van der Waals surface area contributed by atoms with Crippen LogP contribution in [0.15, 0.2) is 36.4 Å². The minimum absolute atomic E-state index is 0.271. The van der Waals surface area contributed by atoms with E-state index in [0.717, 1.165) is 22.6 Å². The minimum Gasteiger partial charge on any atom is -0.478 e. The third kappa shape index (κ3) is 2.18. The summed E-state index contributed by atoms with van der Waals surface area (Å²) in [7, 11) is 0. The number of carboxylic acid groups (broad SMARTS) is 1. The van der Waals surface area contributed by atoms with E-state index >= 15 is 0 Å². The molecule has 21 heavy (non-hydrogen) atoms. The number of benzene rings is 2. The summed E-state index contributed by atoms with van der Waals surface area (Å²) in [6, 6.07) is 11.4. The quantitative estimate of drug-likeness (QED) is 0.779. The Morgan fingerprint density at radius 1 is 1.10 bits per heavy atom. The summed E-state index contributed by atoms with van der Waals surface area (Å²) in [5.41, 5.74) is 4.84. The van der Waals surface area contributed by atoms with Crippen LogP contribution in [-0.2, 0) is 0 Å². The molecule has 3 rings (SSSR count). The first kappa shape index (κ1) is 13.4. The number of nitrogens with zero attached hydrogens (tertiary/aromatic N) is 2. The summed E-state index contributed by atoms with van der Waals surface area (Å²) >= 11 is 0. The van der Waals surface area contributed by atoms with Crippen molar-refractivity contribution < 1.29 is 9.90 Å². The SMILES string of the molecule is Cc1cc(C)cc(-n2c(C)nc3cccc(C(=O)O)c32)c1. The number of carbonyl (C=O) groups is 1. The molecule has 1 heterocycles. The molecule has 1 aromatic heterocycles. The molecule has 0 aliphatic heterocycles. The first-order chi connectivity index (χ1) is 9.97. The van der Waals surface area contributed by atoms with Crippen LogP contribution >= 0.6 is 0 Å². The molecule has 4 heteroatoms. The van der Waals surface area contributed by atoms with Crippen molar-refractivity contribution in [3.8, 4) is 5.69 Å². The second-order valence-electron chi connectivity index (χ2n) is 5.32. The van der Waals surface area contributed by atoms with Gasteiger partial charge in [0, 0.05) is 5.69 Å². The van der Waals surface area contributed by atoms with Gasteiger partial charge in [0.1, 0.15) is 5.82 Å². The van der Waals surface area contributed by atoms with E-state index in [1.807, 2.05) is 43.5 Å². The Morgan fingerprint density at radius 2 is 1.76 bits per heavy atom. The maximum absolute atomic E-state index is 11.5. The molecule has 3 aromatic rings. The van der Waals surface area contributed by atoms with Crippen LogP contribution in [0.2, 0.25) is 0 Å². The van der Waals surface area contributed by atoms with E-state index in [4.69, 9.17) is 0 Å². The van der Waals surface area contributed by atoms with Crippen molar-refractivity contribution >= 4 is 17.0 Å². The Balaban J connectivity index is 2.41. The summed E-state index contributed by atoms with van der Waals surface area (Å²) in [4.78, 5) is 16.0. The van der Waals surface area contributed by atoms with Crippen LogP contribution in [0.1, 0.15) is 27.3 Å². The number of aromatic nitrogens is 2. The average molecular weight is 280 g/mol. The summed E-state index contributed by atoms with van der Waals surface area (Å²) in [5.74, 6) is -0.158. The largest absolute Gasteiger partial charge is 0.478 e. The van der Waals surface area contributed by atoms with Crippen molar-refractivity contribution in [3.05, 3.63) is 58.9 Å². The van der Waals surface area contributed by atoms with Gasteiger partial charge in [-0.15, -0.1) is 0 Å². The zero-order valence-electron chi connectivity index (χ0n) is 12.2. The second-order valence-corrected chi connectivity index (χ2v) is 5.32.